The van der Waals surface area contributed by atoms with Crippen molar-refractivity contribution in [2.75, 3.05) is 0 Å². The smallest absolute Gasteiger partial charge is 0.294 e. The Morgan fingerprint density at radius 2 is 1.95 bits per heavy atom. The van der Waals surface area contributed by atoms with E-state index in [2.05, 4.69) is 4.98 Å². The first-order valence-electron chi connectivity index (χ1n) is 5.99. The summed E-state index contributed by atoms with van der Waals surface area (Å²) in [6.45, 7) is 1.41. The van der Waals surface area contributed by atoms with E-state index in [0.717, 1.165) is 12.1 Å². The molecule has 0 saturated heterocycles. The van der Waals surface area contributed by atoms with Gasteiger partial charge in [-0.05, 0) is 30.7 Å². The number of Topliss-reactive ketones (excluding diaryl/α,β-unsaturated/α-hetero) is 1. The van der Waals surface area contributed by atoms with E-state index in [-0.39, 0.29) is 12.2 Å². The van der Waals surface area contributed by atoms with Gasteiger partial charge < -0.3 is 0 Å². The zero-order chi connectivity index (χ0) is 14.8. The number of hydrogen-bond acceptors (Lipinski definition) is 2. The Bertz CT molecular complexity index is 635. The predicted molar refractivity (Wildman–Crippen MR) is 68.5 cm³/mol. The van der Waals surface area contributed by atoms with E-state index in [9.17, 15) is 18.0 Å². The number of nitrogens with zero attached hydrogens (tertiary/aromatic N) is 1. The molecule has 0 aliphatic heterocycles. The van der Waals surface area contributed by atoms with Crippen molar-refractivity contribution >= 4 is 5.78 Å². The molecule has 5 heteroatoms. The predicted octanol–water partition coefficient (Wildman–Crippen LogP) is 3.89. The van der Waals surface area contributed by atoms with Gasteiger partial charge in [0.05, 0.1) is 11.3 Å². The molecule has 0 aliphatic carbocycles. The minimum atomic E-state index is -4.37. The van der Waals surface area contributed by atoms with E-state index < -0.39 is 11.7 Å². The van der Waals surface area contributed by atoms with Gasteiger partial charge in [-0.25, -0.2) is 0 Å². The fourth-order valence-electron chi connectivity index (χ4n) is 1.95. The van der Waals surface area contributed by atoms with Gasteiger partial charge in [0.15, 0.2) is 5.78 Å². The van der Waals surface area contributed by atoms with Crippen molar-refractivity contribution in [2.24, 2.45) is 0 Å². The number of rotatable bonds is 3. The third-order valence-electron chi connectivity index (χ3n) is 2.90. The molecule has 0 radical (unpaired) electrons. The molecule has 0 fully saturated rings. The van der Waals surface area contributed by atoms with Gasteiger partial charge in [0.25, 0.3) is 0 Å². The number of halogens is 3. The lowest BCUT2D eigenvalue weighted by molar-refractivity contribution is -0.137. The number of ketones is 1. The van der Waals surface area contributed by atoms with E-state index >= 15 is 0 Å². The molecule has 0 atom stereocenters. The molecule has 2 nitrogen and oxygen atoms in total. The average molecular weight is 279 g/mol. The number of alkyl halides is 3. The van der Waals surface area contributed by atoms with Gasteiger partial charge in [0.2, 0.25) is 0 Å². The molecule has 1 aromatic carbocycles. The van der Waals surface area contributed by atoms with Crippen LogP contribution in [0.25, 0.3) is 0 Å². The summed E-state index contributed by atoms with van der Waals surface area (Å²) in [6.07, 6.45) is -2.65. The van der Waals surface area contributed by atoms with Gasteiger partial charge in [-0.2, -0.15) is 13.2 Å². The Balaban J connectivity index is 2.34. The van der Waals surface area contributed by atoms with Crippen LogP contribution in [0.5, 0.6) is 0 Å². The minimum absolute atomic E-state index is 0.153. The topological polar surface area (TPSA) is 30.0 Å². The molecule has 0 saturated carbocycles. The van der Waals surface area contributed by atoms with Gasteiger partial charge >= 0.3 is 6.18 Å². The SMILES string of the molecule is CC(=O)c1cccnc1Cc1cccc(C(F)(F)F)c1. The summed E-state index contributed by atoms with van der Waals surface area (Å²) in [5.74, 6) is -0.153. The van der Waals surface area contributed by atoms with Crippen molar-refractivity contribution < 1.29 is 18.0 Å². The molecule has 1 heterocycles. The zero-order valence-electron chi connectivity index (χ0n) is 10.7. The molecular weight excluding hydrogens is 267 g/mol. The molecule has 0 unspecified atom stereocenters. The van der Waals surface area contributed by atoms with Crippen LogP contribution in [0.15, 0.2) is 42.6 Å². The Labute approximate surface area is 114 Å². The van der Waals surface area contributed by atoms with Crippen LogP contribution in [0.2, 0.25) is 0 Å². The number of benzene rings is 1. The maximum Gasteiger partial charge on any atom is 0.416 e. The summed E-state index contributed by atoms with van der Waals surface area (Å²) in [5, 5.41) is 0. The molecular formula is C15H12F3NO. The Morgan fingerprint density at radius 1 is 1.20 bits per heavy atom. The average Bonchev–Trinajstić information content (AvgIpc) is 2.38. The molecule has 0 N–H and O–H groups in total. The highest BCUT2D eigenvalue weighted by Crippen LogP contribution is 2.30. The largest absolute Gasteiger partial charge is 0.416 e. The van der Waals surface area contributed by atoms with E-state index in [0.29, 0.717) is 16.8 Å². The van der Waals surface area contributed by atoms with Crippen molar-refractivity contribution in [3.63, 3.8) is 0 Å². The third kappa shape index (κ3) is 3.23. The lowest BCUT2D eigenvalue weighted by Crippen LogP contribution is -2.07. The van der Waals surface area contributed by atoms with Gasteiger partial charge in [-0.1, -0.05) is 18.2 Å². The first-order valence-corrected chi connectivity index (χ1v) is 5.99. The highest BCUT2D eigenvalue weighted by atomic mass is 19.4. The van der Waals surface area contributed by atoms with E-state index in [1.54, 1.807) is 18.2 Å². The summed E-state index contributed by atoms with van der Waals surface area (Å²) in [4.78, 5) is 15.5. The molecule has 0 amide bonds. The molecule has 1 aromatic heterocycles. The summed E-state index contributed by atoms with van der Waals surface area (Å²) in [7, 11) is 0. The molecule has 104 valence electrons. The minimum Gasteiger partial charge on any atom is -0.294 e. The molecule has 0 bridgehead atoms. The molecule has 0 aliphatic rings. The Morgan fingerprint density at radius 3 is 2.60 bits per heavy atom. The fourth-order valence-corrected chi connectivity index (χ4v) is 1.95. The third-order valence-corrected chi connectivity index (χ3v) is 2.90. The quantitative estimate of drug-likeness (QED) is 0.798. The maximum atomic E-state index is 12.6. The Hall–Kier alpha value is -2.17. The van der Waals surface area contributed by atoms with E-state index in [4.69, 9.17) is 0 Å². The maximum absolute atomic E-state index is 12.6. The van der Waals surface area contributed by atoms with Gasteiger partial charge in [0, 0.05) is 18.2 Å². The van der Waals surface area contributed by atoms with Crippen LogP contribution < -0.4 is 0 Å². The number of hydrogen-bond donors (Lipinski definition) is 0. The summed E-state index contributed by atoms with van der Waals surface area (Å²) >= 11 is 0. The highest BCUT2D eigenvalue weighted by molar-refractivity contribution is 5.95. The van der Waals surface area contributed by atoms with Gasteiger partial charge in [-0.3, -0.25) is 9.78 Å². The fraction of sp³-hybridized carbons (Fsp3) is 0.200. The molecule has 0 spiro atoms. The van der Waals surface area contributed by atoms with Gasteiger partial charge in [0.1, 0.15) is 0 Å². The number of carbonyl (C=O) groups is 1. The standard InChI is InChI=1S/C15H12F3NO/c1-10(20)13-6-3-7-19-14(13)9-11-4-2-5-12(8-11)15(16,17)18/h2-8H,9H2,1H3. The highest BCUT2D eigenvalue weighted by Gasteiger charge is 2.30. The van der Waals surface area contributed by atoms with E-state index in [1.807, 2.05) is 0 Å². The second-order valence-corrected chi connectivity index (χ2v) is 4.43. The monoisotopic (exact) mass is 279 g/mol. The van der Waals surface area contributed by atoms with E-state index in [1.165, 1.54) is 19.2 Å². The van der Waals surface area contributed by atoms with Crippen LogP contribution >= 0.6 is 0 Å². The number of carbonyl (C=O) groups excluding carboxylic acids is 1. The molecule has 2 aromatic rings. The van der Waals surface area contributed by atoms with Crippen LogP contribution in [0.3, 0.4) is 0 Å². The van der Waals surface area contributed by atoms with Crippen LogP contribution in [0.1, 0.15) is 34.1 Å². The molecule has 2 rings (SSSR count). The summed E-state index contributed by atoms with van der Waals surface area (Å²) in [6, 6.07) is 8.30. The zero-order valence-corrected chi connectivity index (χ0v) is 10.7. The number of pyridine rings is 1. The van der Waals surface area contributed by atoms with Crippen LogP contribution in [0, 0.1) is 0 Å². The summed E-state index contributed by atoms with van der Waals surface area (Å²) in [5.41, 5.74) is 0.695. The first kappa shape index (κ1) is 14.2. The second kappa shape index (κ2) is 5.45. The lowest BCUT2D eigenvalue weighted by atomic mass is 10.0. The Kier molecular flexibility index (Phi) is 3.88. The first-order chi connectivity index (χ1) is 9.38. The lowest BCUT2D eigenvalue weighted by Gasteiger charge is -2.09. The number of aromatic nitrogens is 1. The van der Waals surface area contributed by atoms with Crippen molar-refractivity contribution in [1.82, 2.24) is 4.98 Å². The normalized spacial score (nSPS) is 11.4. The van der Waals surface area contributed by atoms with Crippen molar-refractivity contribution in [2.45, 2.75) is 19.5 Å². The van der Waals surface area contributed by atoms with Crippen molar-refractivity contribution in [3.8, 4) is 0 Å². The van der Waals surface area contributed by atoms with Crippen LogP contribution in [-0.2, 0) is 12.6 Å². The van der Waals surface area contributed by atoms with Crippen molar-refractivity contribution in [1.29, 1.82) is 0 Å². The van der Waals surface area contributed by atoms with Crippen molar-refractivity contribution in [3.05, 3.63) is 65.0 Å². The van der Waals surface area contributed by atoms with Gasteiger partial charge in [-0.15, -0.1) is 0 Å². The van der Waals surface area contributed by atoms with Crippen LogP contribution in [0.4, 0.5) is 13.2 Å². The van der Waals surface area contributed by atoms with Crippen LogP contribution in [-0.4, -0.2) is 10.8 Å². The summed E-state index contributed by atoms with van der Waals surface area (Å²) < 4.78 is 37.9. The second-order valence-electron chi connectivity index (χ2n) is 4.43. The molecule has 20 heavy (non-hydrogen) atoms.